The van der Waals surface area contributed by atoms with Crippen LogP contribution in [0.3, 0.4) is 0 Å². The molecule has 172 valence electrons. The molecule has 2 aromatic carbocycles. The smallest absolute Gasteiger partial charge is 0.308 e. The molecule has 0 aliphatic carbocycles. The summed E-state index contributed by atoms with van der Waals surface area (Å²) in [6.45, 7) is 3.75. The van der Waals surface area contributed by atoms with E-state index >= 15 is 0 Å². The number of hydrogen-bond acceptors (Lipinski definition) is 5. The molecule has 1 saturated heterocycles. The molecule has 9 heteroatoms. The van der Waals surface area contributed by atoms with Crippen LogP contribution in [0.25, 0.3) is 21.2 Å². The van der Waals surface area contributed by atoms with Gasteiger partial charge >= 0.3 is 6.03 Å². The highest BCUT2D eigenvalue weighted by atomic mass is 35.5. The number of carbonyl (C=O) groups excluding carboxylic acids is 3. The molecule has 0 unspecified atom stereocenters. The number of aromatic nitrogens is 1. The number of fused-ring (bicyclic) bond motifs is 1. The maximum atomic E-state index is 13.2. The van der Waals surface area contributed by atoms with Crippen molar-refractivity contribution < 1.29 is 14.4 Å². The number of halogens is 1. The van der Waals surface area contributed by atoms with Crippen LogP contribution in [0.1, 0.15) is 22.5 Å². The zero-order valence-corrected chi connectivity index (χ0v) is 20.2. The van der Waals surface area contributed by atoms with E-state index in [4.69, 9.17) is 11.6 Å². The number of rotatable bonds is 3. The Morgan fingerprint density at radius 3 is 2.57 bits per heavy atom. The van der Waals surface area contributed by atoms with Crippen LogP contribution in [0.4, 0.5) is 10.5 Å². The summed E-state index contributed by atoms with van der Waals surface area (Å²) in [6, 6.07) is 17.3. The molecular formula is C26H17ClN4O3S. The van der Waals surface area contributed by atoms with Gasteiger partial charge in [-0.25, -0.2) is 9.69 Å². The predicted molar refractivity (Wildman–Crippen MR) is 136 cm³/mol. The Bertz CT molecular complexity index is 1640. The third kappa shape index (κ3) is 3.71. The van der Waals surface area contributed by atoms with Gasteiger partial charge in [-0.2, -0.15) is 5.26 Å². The first-order valence-electron chi connectivity index (χ1n) is 10.6. The van der Waals surface area contributed by atoms with Crippen LogP contribution >= 0.6 is 22.9 Å². The summed E-state index contributed by atoms with van der Waals surface area (Å²) in [4.78, 5) is 39.2. The number of anilines is 1. The number of nitrogens with one attached hydrogen (secondary N) is 1. The first-order valence-corrected chi connectivity index (χ1v) is 11.8. The van der Waals surface area contributed by atoms with E-state index in [-0.39, 0.29) is 11.3 Å². The highest BCUT2D eigenvalue weighted by molar-refractivity contribution is 7.21. The monoisotopic (exact) mass is 500 g/mol. The number of benzene rings is 2. The van der Waals surface area contributed by atoms with Crippen molar-refractivity contribution in [1.82, 2.24) is 9.88 Å². The van der Waals surface area contributed by atoms with E-state index < -0.39 is 17.8 Å². The Labute approximate surface area is 209 Å². The zero-order valence-electron chi connectivity index (χ0n) is 18.6. The molecule has 0 radical (unpaired) electrons. The fourth-order valence-corrected chi connectivity index (χ4v) is 5.66. The number of barbiturate groups is 1. The molecule has 1 N–H and O–H groups in total. The molecule has 1 fully saturated rings. The summed E-state index contributed by atoms with van der Waals surface area (Å²) in [5.41, 5.74) is 2.86. The van der Waals surface area contributed by atoms with Gasteiger partial charge in [0.25, 0.3) is 11.8 Å². The molecule has 4 amide bonds. The second kappa shape index (κ2) is 8.55. The quantitative estimate of drug-likeness (QED) is 0.297. The van der Waals surface area contributed by atoms with E-state index in [9.17, 15) is 19.6 Å². The molecule has 4 aromatic rings. The van der Waals surface area contributed by atoms with Crippen molar-refractivity contribution >= 4 is 62.6 Å². The maximum Gasteiger partial charge on any atom is 0.335 e. The third-order valence-corrected chi connectivity index (χ3v) is 7.22. The summed E-state index contributed by atoms with van der Waals surface area (Å²) in [5.74, 6) is -1.52. The van der Waals surface area contributed by atoms with E-state index in [1.165, 1.54) is 23.5 Å². The largest absolute Gasteiger partial charge is 0.335 e. The standard InChI is InChI=1S/C26H17ClN4O3S/c1-14-10-16(15(2)30(14)25-21(13-28)19-8-3-4-9-22(19)35-25)11-20-23(32)29-26(34)31(24(20)33)18-7-5-6-17(27)12-18/h3-12H,1-2H3,(H,29,32,34)/b20-11+. The fourth-order valence-electron chi connectivity index (χ4n) is 4.21. The van der Waals surface area contributed by atoms with E-state index in [1.807, 2.05) is 48.7 Å². The second-order valence-electron chi connectivity index (χ2n) is 7.99. The van der Waals surface area contributed by atoms with E-state index in [2.05, 4.69) is 11.4 Å². The molecule has 0 spiro atoms. The minimum Gasteiger partial charge on any atom is -0.308 e. The number of hydrogen-bond donors (Lipinski definition) is 1. The van der Waals surface area contributed by atoms with E-state index in [1.54, 1.807) is 18.2 Å². The molecule has 35 heavy (non-hydrogen) atoms. The summed E-state index contributed by atoms with van der Waals surface area (Å²) < 4.78 is 2.93. The van der Waals surface area contributed by atoms with Gasteiger partial charge in [-0.3, -0.25) is 14.9 Å². The molecular weight excluding hydrogens is 484 g/mol. The van der Waals surface area contributed by atoms with Gasteiger partial charge in [0.15, 0.2) is 0 Å². The van der Waals surface area contributed by atoms with Crippen LogP contribution in [0, 0.1) is 25.2 Å². The molecule has 3 heterocycles. The summed E-state index contributed by atoms with van der Waals surface area (Å²) in [5, 5.41) is 14.1. The van der Waals surface area contributed by atoms with Crippen molar-refractivity contribution in [2.45, 2.75) is 13.8 Å². The van der Waals surface area contributed by atoms with Gasteiger partial charge in [-0.1, -0.05) is 35.9 Å². The van der Waals surface area contributed by atoms with Crippen LogP contribution in [-0.2, 0) is 9.59 Å². The number of carbonyl (C=O) groups is 3. The van der Waals surface area contributed by atoms with E-state index in [0.29, 0.717) is 16.1 Å². The van der Waals surface area contributed by atoms with Gasteiger partial charge < -0.3 is 4.57 Å². The van der Waals surface area contributed by atoms with Gasteiger partial charge in [0.2, 0.25) is 0 Å². The zero-order chi connectivity index (χ0) is 24.9. The van der Waals surface area contributed by atoms with Crippen LogP contribution in [0.5, 0.6) is 0 Å². The summed E-state index contributed by atoms with van der Waals surface area (Å²) >= 11 is 7.53. The lowest BCUT2D eigenvalue weighted by atomic mass is 10.1. The van der Waals surface area contributed by atoms with Gasteiger partial charge in [-0.15, -0.1) is 11.3 Å². The topological polar surface area (TPSA) is 95.2 Å². The van der Waals surface area contributed by atoms with Gasteiger partial charge in [0, 0.05) is 26.5 Å². The normalized spacial score (nSPS) is 15.1. The predicted octanol–water partition coefficient (Wildman–Crippen LogP) is 5.50. The molecule has 1 aliphatic rings. The van der Waals surface area contributed by atoms with Crippen molar-refractivity contribution in [3.63, 3.8) is 0 Å². The van der Waals surface area contributed by atoms with Crippen LogP contribution in [0.15, 0.2) is 60.2 Å². The lowest BCUT2D eigenvalue weighted by Gasteiger charge is -2.26. The molecule has 2 aromatic heterocycles. The van der Waals surface area contributed by atoms with Crippen LogP contribution in [0.2, 0.25) is 5.02 Å². The molecule has 5 rings (SSSR count). The van der Waals surface area contributed by atoms with Gasteiger partial charge in [0.1, 0.15) is 16.6 Å². The van der Waals surface area contributed by atoms with Crippen molar-refractivity contribution in [3.05, 3.63) is 87.7 Å². The maximum absolute atomic E-state index is 13.2. The van der Waals surface area contributed by atoms with Crippen LogP contribution in [-0.4, -0.2) is 22.4 Å². The average Bonchev–Trinajstić information content (AvgIpc) is 3.32. The molecule has 1 aliphatic heterocycles. The number of nitriles is 1. The summed E-state index contributed by atoms with van der Waals surface area (Å²) in [7, 11) is 0. The number of urea groups is 1. The average molecular weight is 501 g/mol. The lowest BCUT2D eigenvalue weighted by molar-refractivity contribution is -0.122. The van der Waals surface area contributed by atoms with Crippen molar-refractivity contribution in [1.29, 1.82) is 5.26 Å². The van der Waals surface area contributed by atoms with Crippen molar-refractivity contribution in [2.75, 3.05) is 4.90 Å². The second-order valence-corrected chi connectivity index (χ2v) is 9.46. The number of imide groups is 2. The Balaban J connectivity index is 1.61. The minimum atomic E-state index is -0.839. The Morgan fingerprint density at radius 2 is 1.83 bits per heavy atom. The SMILES string of the molecule is Cc1cc(/C=C2\C(=O)NC(=O)N(c3cccc(Cl)c3)C2=O)c(C)n1-c1sc2ccccc2c1C#N. The lowest BCUT2D eigenvalue weighted by Crippen LogP contribution is -2.54. The Morgan fingerprint density at radius 1 is 1.06 bits per heavy atom. The van der Waals surface area contributed by atoms with Gasteiger partial charge in [0.05, 0.1) is 11.3 Å². The molecule has 0 atom stereocenters. The van der Waals surface area contributed by atoms with Crippen LogP contribution < -0.4 is 10.2 Å². The first kappa shape index (κ1) is 22.6. The number of amides is 4. The summed E-state index contributed by atoms with van der Waals surface area (Å²) in [6.07, 6.45) is 1.47. The molecule has 0 bridgehead atoms. The first-order chi connectivity index (χ1) is 16.8. The number of aryl methyl sites for hydroxylation is 1. The van der Waals surface area contributed by atoms with Crippen molar-refractivity contribution in [3.8, 4) is 11.1 Å². The Hall–Kier alpha value is -4.19. The number of nitrogens with zero attached hydrogens (tertiary/aromatic N) is 3. The van der Waals surface area contributed by atoms with Gasteiger partial charge in [-0.05, 0) is 55.8 Å². The minimum absolute atomic E-state index is 0.179. The Kier molecular flexibility index (Phi) is 5.52. The molecule has 7 nitrogen and oxygen atoms in total. The highest BCUT2D eigenvalue weighted by Crippen LogP contribution is 2.36. The van der Waals surface area contributed by atoms with E-state index in [0.717, 1.165) is 31.4 Å². The third-order valence-electron chi connectivity index (χ3n) is 5.83. The number of thiophene rings is 1. The fraction of sp³-hybridized carbons (Fsp3) is 0.0769. The highest BCUT2D eigenvalue weighted by Gasteiger charge is 2.37. The van der Waals surface area contributed by atoms with Crippen molar-refractivity contribution in [2.24, 2.45) is 0 Å². The molecule has 0 saturated carbocycles.